The van der Waals surface area contributed by atoms with E-state index in [4.69, 9.17) is 0 Å². The highest BCUT2D eigenvalue weighted by Gasteiger charge is 2.20. The van der Waals surface area contributed by atoms with Gasteiger partial charge in [0.1, 0.15) is 0 Å². The summed E-state index contributed by atoms with van der Waals surface area (Å²) in [6.45, 7) is 0. The van der Waals surface area contributed by atoms with Crippen LogP contribution in [0.4, 0.5) is 17.1 Å². The van der Waals surface area contributed by atoms with Gasteiger partial charge >= 0.3 is 0 Å². The van der Waals surface area contributed by atoms with E-state index in [1.807, 2.05) is 11.3 Å². The van der Waals surface area contributed by atoms with Crippen molar-refractivity contribution in [2.45, 2.75) is 0 Å². The summed E-state index contributed by atoms with van der Waals surface area (Å²) in [6, 6.07) is 64.5. The van der Waals surface area contributed by atoms with E-state index in [0.717, 1.165) is 11.4 Å². The van der Waals surface area contributed by atoms with E-state index in [1.165, 1.54) is 80.1 Å². The lowest BCUT2D eigenvalue weighted by molar-refractivity contribution is 1.31. The third-order valence-electron chi connectivity index (χ3n) is 9.82. The maximum Gasteiger partial charge on any atom is 0.0555 e. The Morgan fingerprint density at radius 2 is 0.917 bits per heavy atom. The van der Waals surface area contributed by atoms with Crippen LogP contribution in [-0.4, -0.2) is 0 Å². The van der Waals surface area contributed by atoms with Crippen molar-refractivity contribution in [2.24, 2.45) is 0 Å². The number of hydrogen-bond donors (Lipinski definition) is 0. The summed E-state index contributed by atoms with van der Waals surface area (Å²) >= 11 is 1.88. The van der Waals surface area contributed by atoms with E-state index >= 15 is 0 Å². The predicted molar refractivity (Wildman–Crippen MR) is 209 cm³/mol. The molecular formula is C46H29NS. The summed E-state index contributed by atoms with van der Waals surface area (Å²) in [5.41, 5.74) is 5.89. The maximum atomic E-state index is 2.46. The first-order valence-electron chi connectivity index (χ1n) is 16.4. The molecular weight excluding hydrogens is 599 g/mol. The van der Waals surface area contributed by atoms with E-state index in [2.05, 4.69) is 181 Å². The Kier molecular flexibility index (Phi) is 6.12. The molecule has 1 aromatic heterocycles. The van der Waals surface area contributed by atoms with Gasteiger partial charge < -0.3 is 4.90 Å². The molecule has 0 unspecified atom stereocenters. The minimum Gasteiger partial charge on any atom is -0.310 e. The molecule has 1 heterocycles. The minimum atomic E-state index is 1.13. The summed E-state index contributed by atoms with van der Waals surface area (Å²) in [5, 5.41) is 12.8. The second-order valence-corrected chi connectivity index (χ2v) is 13.6. The van der Waals surface area contributed by atoms with Gasteiger partial charge in [-0.25, -0.2) is 0 Å². The van der Waals surface area contributed by atoms with Crippen LogP contribution in [0.25, 0.3) is 74.4 Å². The van der Waals surface area contributed by atoms with Gasteiger partial charge in [-0.05, 0) is 96.7 Å². The van der Waals surface area contributed by atoms with Gasteiger partial charge in [0.15, 0.2) is 0 Å². The number of anilines is 3. The van der Waals surface area contributed by atoms with Gasteiger partial charge in [-0.15, -0.1) is 11.3 Å². The van der Waals surface area contributed by atoms with Crippen molar-refractivity contribution in [3.63, 3.8) is 0 Å². The molecule has 48 heavy (non-hydrogen) atoms. The summed E-state index contributed by atoms with van der Waals surface area (Å²) in [6.07, 6.45) is 0. The number of fused-ring (bicyclic) bond motifs is 10. The van der Waals surface area contributed by atoms with Gasteiger partial charge in [0, 0.05) is 31.5 Å². The average molecular weight is 628 g/mol. The van der Waals surface area contributed by atoms with Gasteiger partial charge in [-0.3, -0.25) is 0 Å². The summed E-state index contributed by atoms with van der Waals surface area (Å²) in [4.78, 5) is 2.46. The van der Waals surface area contributed by atoms with Gasteiger partial charge in [-0.1, -0.05) is 133 Å². The van der Waals surface area contributed by atoms with Gasteiger partial charge in [0.05, 0.1) is 5.69 Å². The Labute approximate surface area is 282 Å². The molecule has 0 fully saturated rings. The smallest absolute Gasteiger partial charge is 0.0555 e. The van der Waals surface area contributed by atoms with Crippen molar-refractivity contribution < 1.29 is 0 Å². The van der Waals surface area contributed by atoms with E-state index in [-0.39, 0.29) is 0 Å². The number of rotatable bonds is 4. The summed E-state index contributed by atoms with van der Waals surface area (Å²) < 4.78 is 2.61. The molecule has 0 saturated heterocycles. The zero-order valence-electron chi connectivity index (χ0n) is 26.1. The van der Waals surface area contributed by atoms with Crippen molar-refractivity contribution in [1.29, 1.82) is 0 Å². The monoisotopic (exact) mass is 627 g/mol. The fraction of sp³-hybridized carbons (Fsp3) is 0. The average Bonchev–Trinajstić information content (AvgIpc) is 3.55. The van der Waals surface area contributed by atoms with Crippen molar-refractivity contribution in [3.8, 4) is 11.1 Å². The molecule has 10 rings (SSSR count). The van der Waals surface area contributed by atoms with Gasteiger partial charge in [0.2, 0.25) is 0 Å². The standard InChI is InChI=1S/C46H29NS/c1-2-9-30(10-3-1)31-17-23-35(24-18-31)47(42-15-8-16-43-46(42)45-38-14-7-5-12-33(38)22-28-44(45)48-43)36-25-19-34-21-26-39-37-13-6-4-11-32(37)20-27-40(39)41(34)29-36/h1-29H. The quantitative estimate of drug-likeness (QED) is 0.176. The molecule has 0 aliphatic heterocycles. The molecule has 9 aromatic carbocycles. The molecule has 10 aromatic rings. The van der Waals surface area contributed by atoms with Crippen LogP contribution in [0, 0.1) is 0 Å². The molecule has 0 aliphatic carbocycles. The van der Waals surface area contributed by atoms with Crippen LogP contribution in [0.5, 0.6) is 0 Å². The zero-order chi connectivity index (χ0) is 31.6. The third kappa shape index (κ3) is 4.24. The molecule has 224 valence electrons. The van der Waals surface area contributed by atoms with E-state index in [1.54, 1.807) is 0 Å². The van der Waals surface area contributed by atoms with E-state index in [0.29, 0.717) is 0 Å². The molecule has 0 atom stereocenters. The molecule has 0 saturated carbocycles. The molecule has 2 heteroatoms. The SMILES string of the molecule is c1ccc(-c2ccc(N(c3ccc4ccc5c6ccccc6ccc5c4c3)c3cccc4sc5ccc6ccccc6c5c34)cc2)cc1. The fourth-order valence-corrected chi connectivity index (χ4v) is 8.70. The Morgan fingerprint density at radius 3 is 1.73 bits per heavy atom. The van der Waals surface area contributed by atoms with Crippen LogP contribution >= 0.6 is 11.3 Å². The number of benzene rings is 9. The van der Waals surface area contributed by atoms with Crippen LogP contribution in [0.1, 0.15) is 0 Å². The summed E-state index contributed by atoms with van der Waals surface area (Å²) in [7, 11) is 0. The first-order valence-corrected chi connectivity index (χ1v) is 17.2. The van der Waals surface area contributed by atoms with E-state index in [9.17, 15) is 0 Å². The van der Waals surface area contributed by atoms with Crippen LogP contribution < -0.4 is 4.90 Å². The van der Waals surface area contributed by atoms with Gasteiger partial charge in [-0.2, -0.15) is 0 Å². The topological polar surface area (TPSA) is 3.24 Å². The normalized spacial score (nSPS) is 11.8. The molecule has 0 amide bonds. The van der Waals surface area contributed by atoms with Crippen molar-refractivity contribution in [1.82, 2.24) is 0 Å². The predicted octanol–water partition coefficient (Wildman–Crippen LogP) is 13.8. The molecule has 0 N–H and O–H groups in total. The molecule has 0 bridgehead atoms. The molecule has 1 nitrogen and oxygen atoms in total. The summed E-state index contributed by atoms with van der Waals surface area (Å²) in [5.74, 6) is 0. The Balaban J connectivity index is 1.26. The number of hydrogen-bond acceptors (Lipinski definition) is 2. The van der Waals surface area contributed by atoms with Crippen LogP contribution in [0.15, 0.2) is 176 Å². The van der Waals surface area contributed by atoms with Crippen LogP contribution in [0.3, 0.4) is 0 Å². The molecule has 0 spiro atoms. The lowest BCUT2D eigenvalue weighted by Gasteiger charge is -2.27. The Morgan fingerprint density at radius 1 is 0.333 bits per heavy atom. The fourth-order valence-electron chi connectivity index (χ4n) is 7.56. The van der Waals surface area contributed by atoms with Crippen molar-refractivity contribution >= 4 is 91.7 Å². The second kappa shape index (κ2) is 10.8. The Hall–Kier alpha value is -5.96. The lowest BCUT2D eigenvalue weighted by Crippen LogP contribution is -2.10. The number of thiophene rings is 1. The lowest BCUT2D eigenvalue weighted by atomic mass is 9.96. The van der Waals surface area contributed by atoms with E-state index < -0.39 is 0 Å². The van der Waals surface area contributed by atoms with Crippen LogP contribution in [0.2, 0.25) is 0 Å². The zero-order valence-corrected chi connectivity index (χ0v) is 26.9. The minimum absolute atomic E-state index is 1.13. The maximum absolute atomic E-state index is 2.46. The van der Waals surface area contributed by atoms with Crippen molar-refractivity contribution in [2.75, 3.05) is 4.90 Å². The Bertz CT molecular complexity index is 2830. The van der Waals surface area contributed by atoms with Gasteiger partial charge in [0.25, 0.3) is 0 Å². The highest BCUT2D eigenvalue weighted by Crippen LogP contribution is 2.47. The second-order valence-electron chi connectivity index (χ2n) is 12.5. The van der Waals surface area contributed by atoms with Crippen molar-refractivity contribution in [3.05, 3.63) is 176 Å². The first-order chi connectivity index (χ1) is 23.8. The first kappa shape index (κ1) is 27.2. The highest BCUT2D eigenvalue weighted by atomic mass is 32.1. The third-order valence-corrected chi connectivity index (χ3v) is 10.9. The highest BCUT2D eigenvalue weighted by molar-refractivity contribution is 7.26. The van der Waals surface area contributed by atoms with Crippen LogP contribution in [-0.2, 0) is 0 Å². The molecule has 0 radical (unpaired) electrons. The molecule has 0 aliphatic rings. The number of nitrogens with zero attached hydrogens (tertiary/aromatic N) is 1. The largest absolute Gasteiger partial charge is 0.310 e.